The fraction of sp³-hybridized carbons (Fsp3) is 0.944. The zero-order valence-electron chi connectivity index (χ0n) is 13.9. The van der Waals surface area contributed by atoms with Crippen molar-refractivity contribution in [3.63, 3.8) is 0 Å². The number of nitrogens with zero attached hydrogens (tertiary/aromatic N) is 2. The summed E-state index contributed by atoms with van der Waals surface area (Å²) in [6.07, 6.45) is 11.9. The van der Waals surface area contributed by atoms with E-state index in [2.05, 4.69) is 4.90 Å². The summed E-state index contributed by atoms with van der Waals surface area (Å²) in [6, 6.07) is 0. The van der Waals surface area contributed by atoms with Crippen molar-refractivity contribution in [2.75, 3.05) is 32.7 Å². The summed E-state index contributed by atoms with van der Waals surface area (Å²) in [5, 5.41) is 10.9. The molecule has 1 N–H and O–H groups in total. The summed E-state index contributed by atoms with van der Waals surface area (Å²) >= 11 is 0. The third kappa shape index (κ3) is 3.83. The quantitative estimate of drug-likeness (QED) is 0.848. The molecule has 4 heteroatoms. The second kappa shape index (κ2) is 7.31. The summed E-state index contributed by atoms with van der Waals surface area (Å²) in [5.41, 5.74) is -1.12. The predicted molar refractivity (Wildman–Crippen MR) is 87.6 cm³/mol. The normalized spacial score (nSPS) is 31.9. The standard InChI is InChI=1S/C18H32N2O2/c21-17-18(22,15-19-11-4-5-12-19)10-6-13-20(17)14-9-16-7-2-1-3-8-16/h16,22H,1-15H2. The van der Waals surface area contributed by atoms with Crippen LogP contribution in [0.2, 0.25) is 0 Å². The maximum Gasteiger partial charge on any atom is 0.255 e. The van der Waals surface area contributed by atoms with Crippen LogP contribution in [0.4, 0.5) is 0 Å². The number of hydrogen-bond donors (Lipinski definition) is 1. The Labute approximate surface area is 134 Å². The van der Waals surface area contributed by atoms with Crippen molar-refractivity contribution < 1.29 is 9.90 Å². The number of aliphatic hydroxyl groups is 1. The number of likely N-dealkylation sites (tertiary alicyclic amines) is 2. The molecule has 1 amide bonds. The zero-order chi connectivity index (χ0) is 15.4. The van der Waals surface area contributed by atoms with Crippen LogP contribution in [0, 0.1) is 5.92 Å². The molecular weight excluding hydrogens is 276 g/mol. The summed E-state index contributed by atoms with van der Waals surface area (Å²) in [6.45, 7) is 4.32. The summed E-state index contributed by atoms with van der Waals surface area (Å²) in [5.74, 6) is 0.802. The Hall–Kier alpha value is -0.610. The SMILES string of the molecule is O=C1N(CCC2CCCCC2)CCCC1(O)CN1CCCC1. The van der Waals surface area contributed by atoms with Crippen LogP contribution in [0.5, 0.6) is 0 Å². The summed E-state index contributed by atoms with van der Waals surface area (Å²) in [4.78, 5) is 17.0. The molecule has 1 unspecified atom stereocenters. The van der Waals surface area contributed by atoms with Crippen LogP contribution in [-0.4, -0.2) is 59.1 Å². The Morgan fingerprint density at radius 2 is 1.73 bits per heavy atom. The van der Waals surface area contributed by atoms with Gasteiger partial charge in [0, 0.05) is 19.6 Å². The lowest BCUT2D eigenvalue weighted by Gasteiger charge is -2.40. The highest BCUT2D eigenvalue weighted by Gasteiger charge is 2.43. The van der Waals surface area contributed by atoms with Crippen molar-refractivity contribution in [2.45, 2.75) is 69.8 Å². The average Bonchev–Trinajstić information content (AvgIpc) is 3.03. The van der Waals surface area contributed by atoms with Gasteiger partial charge in [0.05, 0.1) is 0 Å². The first-order valence-electron chi connectivity index (χ1n) is 9.41. The van der Waals surface area contributed by atoms with E-state index in [1.165, 1.54) is 44.9 Å². The summed E-state index contributed by atoms with van der Waals surface area (Å²) in [7, 11) is 0. The van der Waals surface area contributed by atoms with Crippen molar-refractivity contribution in [2.24, 2.45) is 5.92 Å². The molecule has 0 aromatic rings. The molecule has 0 bridgehead atoms. The Morgan fingerprint density at radius 3 is 2.45 bits per heavy atom. The van der Waals surface area contributed by atoms with E-state index >= 15 is 0 Å². The van der Waals surface area contributed by atoms with Gasteiger partial charge in [-0.3, -0.25) is 9.69 Å². The first kappa shape index (κ1) is 16.3. The number of rotatable bonds is 5. The first-order chi connectivity index (χ1) is 10.7. The molecule has 1 atom stereocenters. The molecule has 0 aromatic heterocycles. The number of piperidine rings is 1. The number of carbonyl (C=O) groups is 1. The molecule has 0 radical (unpaired) electrons. The van der Waals surface area contributed by atoms with Gasteiger partial charge in [0.1, 0.15) is 0 Å². The van der Waals surface area contributed by atoms with Crippen LogP contribution in [-0.2, 0) is 4.79 Å². The van der Waals surface area contributed by atoms with Gasteiger partial charge in [0.15, 0.2) is 5.60 Å². The molecule has 22 heavy (non-hydrogen) atoms. The highest BCUT2D eigenvalue weighted by atomic mass is 16.3. The minimum atomic E-state index is -1.12. The third-order valence-corrected chi connectivity index (χ3v) is 5.92. The van der Waals surface area contributed by atoms with E-state index in [4.69, 9.17) is 0 Å². The van der Waals surface area contributed by atoms with Crippen LogP contribution >= 0.6 is 0 Å². The van der Waals surface area contributed by atoms with Crippen LogP contribution < -0.4 is 0 Å². The van der Waals surface area contributed by atoms with E-state index in [0.29, 0.717) is 13.0 Å². The maximum atomic E-state index is 12.8. The molecule has 1 saturated carbocycles. The molecular formula is C18H32N2O2. The lowest BCUT2D eigenvalue weighted by molar-refractivity contribution is -0.159. The van der Waals surface area contributed by atoms with Crippen LogP contribution in [0.1, 0.15) is 64.2 Å². The van der Waals surface area contributed by atoms with Crippen molar-refractivity contribution in [1.82, 2.24) is 9.80 Å². The van der Waals surface area contributed by atoms with E-state index in [0.717, 1.165) is 44.9 Å². The van der Waals surface area contributed by atoms with E-state index in [1.54, 1.807) is 0 Å². The molecule has 2 aliphatic heterocycles. The molecule has 4 nitrogen and oxygen atoms in total. The number of β-amino-alcohol motifs (C(OH)–C–C–N with tert-alkyl or cyclic N) is 1. The second-order valence-electron chi connectivity index (χ2n) is 7.70. The molecule has 2 heterocycles. The Balaban J connectivity index is 1.52. The number of hydrogen-bond acceptors (Lipinski definition) is 3. The van der Waals surface area contributed by atoms with Crippen molar-refractivity contribution >= 4 is 5.91 Å². The predicted octanol–water partition coefficient (Wildman–Crippen LogP) is 2.41. The Kier molecular flexibility index (Phi) is 5.40. The van der Waals surface area contributed by atoms with E-state index in [9.17, 15) is 9.90 Å². The molecule has 0 spiro atoms. The van der Waals surface area contributed by atoms with Crippen molar-refractivity contribution in [3.8, 4) is 0 Å². The van der Waals surface area contributed by atoms with Gasteiger partial charge in [0.25, 0.3) is 5.91 Å². The van der Waals surface area contributed by atoms with Gasteiger partial charge in [0.2, 0.25) is 0 Å². The van der Waals surface area contributed by atoms with Gasteiger partial charge in [-0.1, -0.05) is 32.1 Å². The minimum Gasteiger partial charge on any atom is -0.379 e. The topological polar surface area (TPSA) is 43.8 Å². The molecule has 126 valence electrons. The minimum absolute atomic E-state index is 0.00135. The lowest BCUT2D eigenvalue weighted by atomic mass is 9.86. The molecule has 3 aliphatic rings. The highest BCUT2D eigenvalue weighted by molar-refractivity contribution is 5.86. The van der Waals surface area contributed by atoms with Crippen LogP contribution in [0.15, 0.2) is 0 Å². The zero-order valence-corrected chi connectivity index (χ0v) is 13.9. The van der Waals surface area contributed by atoms with Gasteiger partial charge < -0.3 is 10.0 Å². The molecule has 1 aliphatic carbocycles. The first-order valence-corrected chi connectivity index (χ1v) is 9.41. The van der Waals surface area contributed by atoms with E-state index in [-0.39, 0.29) is 5.91 Å². The van der Waals surface area contributed by atoms with Gasteiger partial charge in [-0.15, -0.1) is 0 Å². The van der Waals surface area contributed by atoms with Gasteiger partial charge in [-0.25, -0.2) is 0 Å². The van der Waals surface area contributed by atoms with Gasteiger partial charge in [-0.05, 0) is 51.1 Å². The van der Waals surface area contributed by atoms with Gasteiger partial charge >= 0.3 is 0 Å². The van der Waals surface area contributed by atoms with Crippen LogP contribution in [0.25, 0.3) is 0 Å². The van der Waals surface area contributed by atoms with Crippen LogP contribution in [0.3, 0.4) is 0 Å². The summed E-state index contributed by atoms with van der Waals surface area (Å²) < 4.78 is 0. The Bertz CT molecular complexity index is 375. The van der Waals surface area contributed by atoms with E-state index < -0.39 is 5.60 Å². The monoisotopic (exact) mass is 308 g/mol. The Morgan fingerprint density at radius 1 is 1.00 bits per heavy atom. The number of carbonyl (C=O) groups excluding carboxylic acids is 1. The van der Waals surface area contributed by atoms with Gasteiger partial charge in [-0.2, -0.15) is 0 Å². The molecule has 3 fully saturated rings. The maximum absolute atomic E-state index is 12.8. The average molecular weight is 308 g/mol. The van der Waals surface area contributed by atoms with E-state index in [1.807, 2.05) is 4.90 Å². The van der Waals surface area contributed by atoms with Crippen molar-refractivity contribution in [3.05, 3.63) is 0 Å². The molecule has 2 saturated heterocycles. The molecule has 0 aromatic carbocycles. The smallest absolute Gasteiger partial charge is 0.255 e. The van der Waals surface area contributed by atoms with Crippen molar-refractivity contribution in [1.29, 1.82) is 0 Å². The largest absolute Gasteiger partial charge is 0.379 e. The fourth-order valence-electron chi connectivity index (χ4n) is 4.55. The number of amides is 1. The highest BCUT2D eigenvalue weighted by Crippen LogP contribution is 2.29. The molecule has 3 rings (SSSR count). The second-order valence-corrected chi connectivity index (χ2v) is 7.70. The fourth-order valence-corrected chi connectivity index (χ4v) is 4.55. The lowest BCUT2D eigenvalue weighted by Crippen LogP contribution is -2.58. The third-order valence-electron chi connectivity index (χ3n) is 5.92.